The normalized spacial score (nSPS) is 16.2. The highest BCUT2D eigenvalue weighted by Crippen LogP contribution is 2.24. The third-order valence-corrected chi connectivity index (χ3v) is 3.11. The molecule has 1 heterocycles. The molecule has 0 radical (unpaired) electrons. The molecule has 0 saturated heterocycles. The molecule has 1 aliphatic rings. The minimum Gasteiger partial charge on any atom is -0.390 e. The monoisotopic (exact) mass is 262 g/mol. The van der Waals surface area contributed by atoms with Crippen LogP contribution in [0, 0.1) is 0 Å². The summed E-state index contributed by atoms with van der Waals surface area (Å²) in [5.41, 5.74) is 10.1. The zero-order chi connectivity index (χ0) is 13.8. The molecule has 2 rings (SSSR count). The van der Waals surface area contributed by atoms with Gasteiger partial charge in [-0.3, -0.25) is 4.79 Å². The van der Waals surface area contributed by atoms with E-state index in [0.717, 1.165) is 5.56 Å². The van der Waals surface area contributed by atoms with Gasteiger partial charge in [0, 0.05) is 23.6 Å². The van der Waals surface area contributed by atoms with Gasteiger partial charge in [0.2, 0.25) is 0 Å². The van der Waals surface area contributed by atoms with Gasteiger partial charge in [0.15, 0.2) is 0 Å². The van der Waals surface area contributed by atoms with Crippen LogP contribution in [0.2, 0.25) is 0 Å². The van der Waals surface area contributed by atoms with Gasteiger partial charge >= 0.3 is 0 Å². The zero-order valence-corrected chi connectivity index (χ0v) is 10.2. The van der Waals surface area contributed by atoms with Crippen molar-refractivity contribution in [2.75, 3.05) is 6.54 Å². The first-order valence-electron chi connectivity index (χ1n) is 5.91. The van der Waals surface area contributed by atoms with Crippen LogP contribution in [0.3, 0.4) is 0 Å². The van der Waals surface area contributed by atoms with E-state index in [1.807, 2.05) is 0 Å². The Morgan fingerprint density at radius 1 is 1.47 bits per heavy atom. The minimum absolute atomic E-state index is 0.125. The van der Waals surface area contributed by atoms with Gasteiger partial charge in [0.25, 0.3) is 5.91 Å². The molecule has 0 aromatic heterocycles. The maximum Gasteiger partial charge on any atom is 0.251 e. The Kier molecular flexibility index (Phi) is 4.01. The van der Waals surface area contributed by atoms with E-state index in [2.05, 4.69) is 15.3 Å². The molecule has 0 spiro atoms. The lowest BCUT2D eigenvalue weighted by atomic mass is 9.98. The highest BCUT2D eigenvalue weighted by molar-refractivity contribution is 5.98. The molecule has 2 atom stereocenters. The number of carbonyl (C=O) groups excluding carboxylic acids is 1. The SMILES string of the molecule is [N-]=[N+]=NCCC(O)C(O)c1ccc2c(c1)CNC2=O. The van der Waals surface area contributed by atoms with Crippen LogP contribution in [0.5, 0.6) is 0 Å². The summed E-state index contributed by atoms with van der Waals surface area (Å²) in [5, 5.41) is 25.8. The molecule has 1 aromatic rings. The summed E-state index contributed by atoms with van der Waals surface area (Å²) in [7, 11) is 0. The highest BCUT2D eigenvalue weighted by atomic mass is 16.3. The number of fused-ring (bicyclic) bond motifs is 1. The Hall–Kier alpha value is -2.08. The van der Waals surface area contributed by atoms with Crippen molar-refractivity contribution in [3.63, 3.8) is 0 Å². The van der Waals surface area contributed by atoms with Crippen LogP contribution >= 0.6 is 0 Å². The van der Waals surface area contributed by atoms with Crippen LogP contribution in [-0.4, -0.2) is 28.8 Å². The van der Waals surface area contributed by atoms with Gasteiger partial charge in [-0.2, -0.15) is 0 Å². The van der Waals surface area contributed by atoms with Crippen molar-refractivity contribution in [3.8, 4) is 0 Å². The van der Waals surface area contributed by atoms with Crippen LogP contribution in [0.4, 0.5) is 0 Å². The Bertz CT molecular complexity index is 540. The third-order valence-electron chi connectivity index (χ3n) is 3.11. The van der Waals surface area contributed by atoms with Crippen LogP contribution in [0.25, 0.3) is 10.4 Å². The van der Waals surface area contributed by atoms with E-state index in [9.17, 15) is 15.0 Å². The first-order valence-corrected chi connectivity index (χ1v) is 5.91. The molecule has 1 aliphatic heterocycles. The number of aliphatic hydroxyl groups is 2. The third kappa shape index (κ3) is 2.85. The predicted octanol–water partition coefficient (Wildman–Crippen LogP) is 1.02. The quantitative estimate of drug-likeness (QED) is 0.417. The fraction of sp³-hybridized carbons (Fsp3) is 0.417. The van der Waals surface area contributed by atoms with E-state index >= 15 is 0 Å². The van der Waals surface area contributed by atoms with Crippen LogP contribution in [0.15, 0.2) is 23.3 Å². The second kappa shape index (κ2) is 5.71. The Balaban J connectivity index is 2.09. The van der Waals surface area contributed by atoms with Gasteiger partial charge in [-0.1, -0.05) is 17.2 Å². The molecule has 0 aliphatic carbocycles. The van der Waals surface area contributed by atoms with Crippen molar-refractivity contribution in [3.05, 3.63) is 45.3 Å². The fourth-order valence-corrected chi connectivity index (χ4v) is 2.05. The number of nitrogens with one attached hydrogen (secondary N) is 1. The van der Waals surface area contributed by atoms with Crippen molar-refractivity contribution >= 4 is 5.91 Å². The lowest BCUT2D eigenvalue weighted by Crippen LogP contribution is -2.19. The van der Waals surface area contributed by atoms with Gasteiger partial charge in [0.05, 0.1) is 6.10 Å². The molecule has 7 heteroatoms. The number of nitrogens with zero attached hydrogens (tertiary/aromatic N) is 3. The first kappa shape index (κ1) is 13.4. The summed E-state index contributed by atoms with van der Waals surface area (Å²) in [6, 6.07) is 4.95. The number of benzene rings is 1. The molecular formula is C12H14N4O3. The van der Waals surface area contributed by atoms with E-state index in [0.29, 0.717) is 17.7 Å². The van der Waals surface area contributed by atoms with Crippen molar-refractivity contribution in [1.82, 2.24) is 5.32 Å². The summed E-state index contributed by atoms with van der Waals surface area (Å²) in [6.07, 6.45) is -1.89. The predicted molar refractivity (Wildman–Crippen MR) is 67.2 cm³/mol. The molecule has 0 saturated carbocycles. The number of hydrogen-bond donors (Lipinski definition) is 3. The fourth-order valence-electron chi connectivity index (χ4n) is 2.05. The molecule has 1 amide bonds. The van der Waals surface area contributed by atoms with Crippen LogP contribution in [0.1, 0.15) is 34.0 Å². The molecule has 19 heavy (non-hydrogen) atoms. The Morgan fingerprint density at radius 3 is 3.00 bits per heavy atom. The number of carbonyl (C=O) groups is 1. The van der Waals surface area contributed by atoms with Crippen LogP contribution < -0.4 is 5.32 Å². The molecule has 1 aromatic carbocycles. The number of azide groups is 1. The number of hydrogen-bond acceptors (Lipinski definition) is 4. The summed E-state index contributed by atoms with van der Waals surface area (Å²) >= 11 is 0. The lowest BCUT2D eigenvalue weighted by Gasteiger charge is -2.17. The minimum atomic E-state index is -1.06. The van der Waals surface area contributed by atoms with Crippen molar-refractivity contribution in [2.24, 2.45) is 5.11 Å². The number of rotatable bonds is 5. The van der Waals surface area contributed by atoms with Gasteiger partial charge in [-0.25, -0.2) is 0 Å². The number of aliphatic hydroxyl groups excluding tert-OH is 2. The Morgan fingerprint density at radius 2 is 2.26 bits per heavy atom. The standard InChI is InChI=1S/C12H14N4O3/c13-16-15-4-3-10(17)11(18)7-1-2-9-8(5-7)6-14-12(9)19/h1-2,5,10-11,17-18H,3-4,6H2,(H,14,19). The maximum atomic E-state index is 11.4. The van der Waals surface area contributed by atoms with E-state index in [-0.39, 0.29) is 18.9 Å². The Labute approximate surface area is 109 Å². The van der Waals surface area contributed by atoms with E-state index in [1.54, 1.807) is 18.2 Å². The summed E-state index contributed by atoms with van der Waals surface area (Å²) in [6.45, 7) is 0.559. The molecule has 3 N–H and O–H groups in total. The zero-order valence-electron chi connectivity index (χ0n) is 10.2. The highest BCUT2D eigenvalue weighted by Gasteiger charge is 2.23. The van der Waals surface area contributed by atoms with Crippen molar-refractivity contribution in [1.29, 1.82) is 0 Å². The van der Waals surface area contributed by atoms with Gasteiger partial charge in [-0.15, -0.1) is 0 Å². The largest absolute Gasteiger partial charge is 0.390 e. The smallest absolute Gasteiger partial charge is 0.251 e. The average Bonchev–Trinajstić information content (AvgIpc) is 2.79. The summed E-state index contributed by atoms with van der Waals surface area (Å²) < 4.78 is 0. The second-order valence-corrected chi connectivity index (χ2v) is 4.35. The van der Waals surface area contributed by atoms with Crippen molar-refractivity contribution in [2.45, 2.75) is 25.2 Å². The number of amides is 1. The molecule has 2 unspecified atom stereocenters. The van der Waals surface area contributed by atoms with Crippen molar-refractivity contribution < 1.29 is 15.0 Å². The molecule has 0 bridgehead atoms. The van der Waals surface area contributed by atoms with E-state index in [4.69, 9.17) is 5.53 Å². The van der Waals surface area contributed by atoms with Gasteiger partial charge in [-0.05, 0) is 29.1 Å². The topological polar surface area (TPSA) is 118 Å². The summed E-state index contributed by atoms with van der Waals surface area (Å²) in [5.74, 6) is -0.125. The van der Waals surface area contributed by atoms with E-state index in [1.165, 1.54) is 0 Å². The molecule has 0 fully saturated rings. The van der Waals surface area contributed by atoms with Gasteiger partial charge < -0.3 is 15.5 Å². The van der Waals surface area contributed by atoms with E-state index < -0.39 is 12.2 Å². The molecule has 7 nitrogen and oxygen atoms in total. The maximum absolute atomic E-state index is 11.4. The van der Waals surface area contributed by atoms with Gasteiger partial charge in [0.1, 0.15) is 6.10 Å². The average molecular weight is 262 g/mol. The van der Waals surface area contributed by atoms with Crippen LogP contribution in [-0.2, 0) is 6.54 Å². The molecular weight excluding hydrogens is 248 g/mol. The summed E-state index contributed by atoms with van der Waals surface area (Å²) in [4.78, 5) is 14.0. The first-order chi connectivity index (χ1) is 9.13. The second-order valence-electron chi connectivity index (χ2n) is 4.35. The lowest BCUT2D eigenvalue weighted by molar-refractivity contribution is 0.0150. The molecule has 100 valence electrons.